The Kier molecular flexibility index (Phi) is 10.4. The summed E-state index contributed by atoms with van der Waals surface area (Å²) in [6.07, 6.45) is 16.6. The Morgan fingerprint density at radius 2 is 1.17 bits per heavy atom. The number of aryl methyl sites for hydroxylation is 1. The van der Waals surface area contributed by atoms with Crippen molar-refractivity contribution in [2.45, 2.75) is 90.4 Å². The summed E-state index contributed by atoms with van der Waals surface area (Å²) in [4.78, 5) is 23.5. The minimum absolute atomic E-state index is 0.202. The summed E-state index contributed by atoms with van der Waals surface area (Å²) >= 11 is 0. The van der Waals surface area contributed by atoms with Crippen LogP contribution in [-0.4, -0.2) is 9.13 Å². The fourth-order valence-corrected chi connectivity index (χ4v) is 3.17. The predicted octanol–water partition coefficient (Wildman–Crippen LogP) is 4.33. The first kappa shape index (κ1) is 20.7. The third-order valence-electron chi connectivity index (χ3n) is 4.91. The highest BCUT2D eigenvalue weighted by Gasteiger charge is 2.05. The largest absolute Gasteiger partial charge is 0.330 e. The van der Waals surface area contributed by atoms with E-state index in [1.807, 2.05) is 0 Å². The van der Waals surface area contributed by atoms with Gasteiger partial charge in [-0.3, -0.25) is 9.36 Å². The maximum Gasteiger partial charge on any atom is 0.330 e. The van der Waals surface area contributed by atoms with E-state index >= 15 is 0 Å². The molecule has 0 atom stereocenters. The second-order valence-corrected chi connectivity index (χ2v) is 7.01. The molecule has 0 aliphatic carbocycles. The summed E-state index contributed by atoms with van der Waals surface area (Å²) in [5.41, 5.74) is 0.429. The Morgan fingerprint density at radius 3 is 1.67 bits per heavy atom. The molecule has 0 aliphatic rings. The molecule has 0 bridgehead atoms. The van der Waals surface area contributed by atoms with Gasteiger partial charge in [-0.15, -0.1) is 0 Å². The molecule has 0 N–H and O–H groups in total. The molecule has 1 aromatic heterocycles. The molecule has 0 spiro atoms. The van der Waals surface area contributed by atoms with Gasteiger partial charge in [-0.1, -0.05) is 77.6 Å². The number of hydrogen-bond donors (Lipinski definition) is 0. The van der Waals surface area contributed by atoms with Gasteiger partial charge in [-0.05, 0) is 12.8 Å². The van der Waals surface area contributed by atoms with Gasteiger partial charge in [0.2, 0.25) is 0 Å². The number of nitrogens with zero attached hydrogens (tertiary/aromatic N) is 2. The van der Waals surface area contributed by atoms with Crippen LogP contribution in [-0.2, 0) is 20.5 Å². The van der Waals surface area contributed by atoms with Crippen LogP contribution in [0.1, 0.15) is 89.7 Å². The highest BCUT2D eigenvalue weighted by Crippen LogP contribution is 2.12. The molecule has 0 radical (unpaired) electrons. The van der Waals surface area contributed by atoms with Gasteiger partial charge in [-0.2, -0.15) is 0 Å². The lowest BCUT2D eigenvalue weighted by molar-refractivity contribution is 0.540. The minimum atomic E-state index is -0.226. The molecular weight excluding hydrogens is 300 g/mol. The molecule has 0 amide bonds. The third-order valence-corrected chi connectivity index (χ3v) is 4.91. The van der Waals surface area contributed by atoms with Crippen molar-refractivity contribution < 1.29 is 0 Å². The highest BCUT2D eigenvalue weighted by atomic mass is 16.2. The van der Waals surface area contributed by atoms with Crippen molar-refractivity contribution in [1.29, 1.82) is 0 Å². The zero-order valence-electron chi connectivity index (χ0n) is 16.0. The van der Waals surface area contributed by atoms with E-state index in [-0.39, 0.29) is 11.2 Å². The average molecular weight is 337 g/mol. The smallest absolute Gasteiger partial charge is 0.301 e. The van der Waals surface area contributed by atoms with Gasteiger partial charge in [0.05, 0.1) is 0 Å². The molecule has 4 nitrogen and oxygen atoms in total. The molecule has 24 heavy (non-hydrogen) atoms. The topological polar surface area (TPSA) is 44.0 Å². The van der Waals surface area contributed by atoms with E-state index in [9.17, 15) is 9.59 Å². The molecule has 0 aliphatic heterocycles. The molecule has 0 saturated carbocycles. The summed E-state index contributed by atoms with van der Waals surface area (Å²) < 4.78 is 2.76. The molecule has 0 aromatic carbocycles. The summed E-state index contributed by atoms with van der Waals surface area (Å²) in [6.45, 7) is 2.26. The van der Waals surface area contributed by atoms with E-state index in [4.69, 9.17) is 0 Å². The molecule has 1 heterocycles. The maximum atomic E-state index is 11.9. The predicted molar refractivity (Wildman–Crippen MR) is 102 cm³/mol. The Bertz CT molecular complexity index is 572. The lowest BCUT2D eigenvalue weighted by Crippen LogP contribution is -2.38. The molecule has 0 fully saturated rings. The fourth-order valence-electron chi connectivity index (χ4n) is 3.17. The minimum Gasteiger partial charge on any atom is -0.301 e. The number of aromatic nitrogens is 2. The quantitative estimate of drug-likeness (QED) is 0.503. The van der Waals surface area contributed by atoms with E-state index in [1.54, 1.807) is 17.7 Å². The number of hydrogen-bond acceptors (Lipinski definition) is 2. The molecule has 1 aromatic rings. The van der Waals surface area contributed by atoms with Crippen molar-refractivity contribution >= 4 is 0 Å². The second-order valence-electron chi connectivity index (χ2n) is 7.01. The van der Waals surface area contributed by atoms with Crippen LogP contribution in [0.3, 0.4) is 0 Å². The van der Waals surface area contributed by atoms with Crippen molar-refractivity contribution in [3.63, 3.8) is 0 Å². The molecule has 0 unspecified atom stereocenters. The van der Waals surface area contributed by atoms with Crippen molar-refractivity contribution in [1.82, 2.24) is 9.13 Å². The van der Waals surface area contributed by atoms with Crippen LogP contribution < -0.4 is 11.2 Å². The fraction of sp³-hybridized carbons (Fsp3) is 0.800. The van der Waals surface area contributed by atoms with Crippen molar-refractivity contribution in [3.05, 3.63) is 32.6 Å². The molecular formula is C20H36N2O2. The lowest BCUT2D eigenvalue weighted by atomic mass is 10.0. The SMILES string of the molecule is CCCCCCCCCCCCCCc1cc(=O)n(C)c(=O)n1C. The summed E-state index contributed by atoms with van der Waals surface area (Å²) in [5, 5.41) is 0. The summed E-state index contributed by atoms with van der Waals surface area (Å²) in [7, 11) is 3.27. The van der Waals surface area contributed by atoms with Gasteiger partial charge in [0, 0.05) is 25.9 Å². The first-order chi connectivity index (χ1) is 11.6. The van der Waals surface area contributed by atoms with E-state index < -0.39 is 0 Å². The zero-order valence-corrected chi connectivity index (χ0v) is 16.0. The Morgan fingerprint density at radius 1 is 0.708 bits per heavy atom. The van der Waals surface area contributed by atoms with Crippen LogP contribution in [0.4, 0.5) is 0 Å². The average Bonchev–Trinajstić information content (AvgIpc) is 2.58. The zero-order chi connectivity index (χ0) is 17.8. The van der Waals surface area contributed by atoms with Crippen LogP contribution >= 0.6 is 0 Å². The first-order valence-electron chi connectivity index (χ1n) is 9.84. The Hall–Kier alpha value is -1.32. The van der Waals surface area contributed by atoms with Crippen LogP contribution in [0.5, 0.6) is 0 Å². The van der Waals surface area contributed by atoms with Crippen LogP contribution in [0.15, 0.2) is 15.7 Å². The van der Waals surface area contributed by atoms with Gasteiger partial charge in [0.15, 0.2) is 0 Å². The Labute approximate surface area is 146 Å². The standard InChI is InChI=1S/C20H36N2O2/c1-4-5-6-7-8-9-10-11-12-13-14-15-16-18-17-19(23)22(3)20(24)21(18)2/h17H,4-16H2,1-3H3. The Balaban J connectivity index is 2.07. The highest BCUT2D eigenvalue weighted by molar-refractivity contribution is 5.02. The van der Waals surface area contributed by atoms with Crippen molar-refractivity contribution in [2.75, 3.05) is 0 Å². The van der Waals surface area contributed by atoms with Crippen LogP contribution in [0.25, 0.3) is 0 Å². The monoisotopic (exact) mass is 336 g/mol. The second kappa shape index (κ2) is 12.1. The normalized spacial score (nSPS) is 11.1. The molecule has 1 rings (SSSR count). The lowest BCUT2D eigenvalue weighted by Gasteiger charge is -2.09. The van der Waals surface area contributed by atoms with E-state index in [1.165, 1.54) is 77.7 Å². The molecule has 4 heteroatoms. The van der Waals surface area contributed by atoms with Crippen molar-refractivity contribution in [2.24, 2.45) is 14.1 Å². The van der Waals surface area contributed by atoms with Crippen molar-refractivity contribution in [3.8, 4) is 0 Å². The van der Waals surface area contributed by atoms with Gasteiger partial charge in [0.25, 0.3) is 5.56 Å². The van der Waals surface area contributed by atoms with Gasteiger partial charge in [-0.25, -0.2) is 4.79 Å². The third kappa shape index (κ3) is 7.50. The van der Waals surface area contributed by atoms with E-state index in [2.05, 4.69) is 6.92 Å². The van der Waals surface area contributed by atoms with Crippen LogP contribution in [0.2, 0.25) is 0 Å². The first-order valence-corrected chi connectivity index (χ1v) is 9.84. The van der Waals surface area contributed by atoms with E-state index in [0.717, 1.165) is 23.1 Å². The number of unbranched alkanes of at least 4 members (excludes halogenated alkanes) is 11. The van der Waals surface area contributed by atoms with Crippen LogP contribution in [0, 0.1) is 0 Å². The summed E-state index contributed by atoms with van der Waals surface area (Å²) in [6, 6.07) is 1.60. The maximum absolute atomic E-state index is 11.9. The van der Waals surface area contributed by atoms with Gasteiger partial charge < -0.3 is 4.57 Å². The van der Waals surface area contributed by atoms with E-state index in [0.29, 0.717) is 0 Å². The van der Waals surface area contributed by atoms with Gasteiger partial charge in [0.1, 0.15) is 0 Å². The molecule has 138 valence electrons. The molecule has 0 saturated heterocycles. The summed E-state index contributed by atoms with van der Waals surface area (Å²) in [5.74, 6) is 0. The van der Waals surface area contributed by atoms with Gasteiger partial charge >= 0.3 is 5.69 Å². The number of rotatable bonds is 13.